The maximum absolute atomic E-state index is 12.3. The SMILES string of the molecule is CCN1CCN(c2ccccc2NC(=O)/C=C/c2cccnc2)CC1. The van der Waals surface area contributed by atoms with Gasteiger partial charge in [-0.3, -0.25) is 9.78 Å². The Bertz CT molecular complexity index is 721. The molecule has 1 saturated heterocycles. The van der Waals surface area contributed by atoms with Gasteiger partial charge in [-0.15, -0.1) is 0 Å². The number of para-hydroxylation sites is 2. The Morgan fingerprint density at radius 1 is 1.16 bits per heavy atom. The van der Waals surface area contributed by atoms with E-state index in [1.165, 1.54) is 0 Å². The van der Waals surface area contributed by atoms with E-state index in [-0.39, 0.29) is 5.91 Å². The van der Waals surface area contributed by atoms with Crippen molar-refractivity contribution in [3.05, 3.63) is 60.4 Å². The van der Waals surface area contributed by atoms with Crippen LogP contribution in [-0.4, -0.2) is 48.5 Å². The molecule has 0 atom stereocenters. The second kappa shape index (κ2) is 8.44. The third-order valence-electron chi connectivity index (χ3n) is 4.43. The van der Waals surface area contributed by atoms with Crippen molar-refractivity contribution in [1.82, 2.24) is 9.88 Å². The van der Waals surface area contributed by atoms with E-state index in [0.29, 0.717) is 0 Å². The van der Waals surface area contributed by atoms with Crippen LogP contribution < -0.4 is 10.2 Å². The van der Waals surface area contributed by atoms with Gasteiger partial charge in [0.25, 0.3) is 0 Å². The first-order valence-corrected chi connectivity index (χ1v) is 8.71. The second-order valence-corrected chi connectivity index (χ2v) is 6.05. The van der Waals surface area contributed by atoms with Gasteiger partial charge in [-0.05, 0) is 36.4 Å². The van der Waals surface area contributed by atoms with Crippen LogP contribution in [0.3, 0.4) is 0 Å². The van der Waals surface area contributed by atoms with Gasteiger partial charge in [0.05, 0.1) is 11.4 Å². The number of hydrogen-bond acceptors (Lipinski definition) is 4. The number of nitrogens with one attached hydrogen (secondary N) is 1. The quantitative estimate of drug-likeness (QED) is 0.853. The Morgan fingerprint density at radius 3 is 2.68 bits per heavy atom. The van der Waals surface area contributed by atoms with E-state index in [0.717, 1.165) is 49.7 Å². The van der Waals surface area contributed by atoms with Crippen molar-refractivity contribution in [2.45, 2.75) is 6.92 Å². The summed E-state index contributed by atoms with van der Waals surface area (Å²) in [4.78, 5) is 21.1. The van der Waals surface area contributed by atoms with E-state index in [1.54, 1.807) is 24.5 Å². The molecule has 1 fully saturated rings. The van der Waals surface area contributed by atoms with Gasteiger partial charge in [0.1, 0.15) is 0 Å². The third-order valence-corrected chi connectivity index (χ3v) is 4.43. The number of likely N-dealkylation sites (N-methyl/N-ethyl adjacent to an activating group) is 1. The van der Waals surface area contributed by atoms with Crippen LogP contribution in [0.2, 0.25) is 0 Å². The highest BCUT2D eigenvalue weighted by Gasteiger charge is 2.18. The number of hydrogen-bond donors (Lipinski definition) is 1. The number of benzene rings is 1. The highest BCUT2D eigenvalue weighted by molar-refractivity contribution is 6.03. The number of piperazine rings is 1. The summed E-state index contributed by atoms with van der Waals surface area (Å²) >= 11 is 0. The largest absolute Gasteiger partial charge is 0.367 e. The van der Waals surface area contributed by atoms with Crippen LogP contribution in [0.25, 0.3) is 6.08 Å². The zero-order valence-electron chi connectivity index (χ0n) is 14.6. The molecular weight excluding hydrogens is 312 g/mol. The molecule has 0 radical (unpaired) electrons. The van der Waals surface area contributed by atoms with E-state index >= 15 is 0 Å². The van der Waals surface area contributed by atoms with Crippen LogP contribution in [0.4, 0.5) is 11.4 Å². The minimum Gasteiger partial charge on any atom is -0.367 e. The molecule has 1 aromatic carbocycles. The Balaban J connectivity index is 1.67. The average molecular weight is 336 g/mol. The smallest absolute Gasteiger partial charge is 0.248 e. The number of aromatic nitrogens is 1. The summed E-state index contributed by atoms with van der Waals surface area (Å²) in [5, 5.41) is 3.00. The van der Waals surface area contributed by atoms with Crippen LogP contribution in [0.15, 0.2) is 54.9 Å². The molecule has 5 nitrogen and oxygen atoms in total. The first-order chi connectivity index (χ1) is 12.3. The highest BCUT2D eigenvalue weighted by Crippen LogP contribution is 2.26. The van der Waals surface area contributed by atoms with Crippen molar-refractivity contribution in [2.75, 3.05) is 42.9 Å². The molecule has 130 valence electrons. The summed E-state index contributed by atoms with van der Waals surface area (Å²) in [6, 6.07) is 11.8. The fraction of sp³-hybridized carbons (Fsp3) is 0.300. The lowest BCUT2D eigenvalue weighted by atomic mass is 10.2. The molecule has 1 aliphatic rings. The summed E-state index contributed by atoms with van der Waals surface area (Å²) in [6.45, 7) is 7.35. The Labute approximate surface area is 149 Å². The van der Waals surface area contributed by atoms with Crippen molar-refractivity contribution in [3.8, 4) is 0 Å². The van der Waals surface area contributed by atoms with E-state index in [1.807, 2.05) is 30.3 Å². The second-order valence-electron chi connectivity index (χ2n) is 6.05. The first-order valence-electron chi connectivity index (χ1n) is 8.71. The van der Waals surface area contributed by atoms with Gasteiger partial charge in [-0.25, -0.2) is 0 Å². The Hall–Kier alpha value is -2.66. The summed E-state index contributed by atoms with van der Waals surface area (Å²) in [5.41, 5.74) is 2.84. The van der Waals surface area contributed by atoms with Crippen molar-refractivity contribution in [2.24, 2.45) is 0 Å². The molecule has 1 aromatic heterocycles. The molecular formula is C20H24N4O. The lowest BCUT2D eigenvalue weighted by Crippen LogP contribution is -2.46. The summed E-state index contributed by atoms with van der Waals surface area (Å²) in [6.07, 6.45) is 6.75. The van der Waals surface area contributed by atoms with Gasteiger partial charge in [0.15, 0.2) is 0 Å². The van der Waals surface area contributed by atoms with Gasteiger partial charge in [-0.2, -0.15) is 0 Å². The monoisotopic (exact) mass is 336 g/mol. The fourth-order valence-corrected chi connectivity index (χ4v) is 2.98. The molecule has 0 spiro atoms. The van der Waals surface area contributed by atoms with Crippen LogP contribution in [0, 0.1) is 0 Å². The van der Waals surface area contributed by atoms with Gasteiger partial charge < -0.3 is 15.1 Å². The maximum Gasteiger partial charge on any atom is 0.248 e. The molecule has 0 bridgehead atoms. The van der Waals surface area contributed by atoms with Crippen molar-refractivity contribution < 1.29 is 4.79 Å². The minimum atomic E-state index is -0.136. The van der Waals surface area contributed by atoms with Crippen molar-refractivity contribution in [3.63, 3.8) is 0 Å². The summed E-state index contributed by atoms with van der Waals surface area (Å²) < 4.78 is 0. The van der Waals surface area contributed by atoms with E-state index < -0.39 is 0 Å². The van der Waals surface area contributed by atoms with E-state index in [9.17, 15) is 4.79 Å². The number of anilines is 2. The number of carbonyl (C=O) groups is 1. The van der Waals surface area contributed by atoms with Gasteiger partial charge in [-0.1, -0.05) is 25.1 Å². The van der Waals surface area contributed by atoms with Gasteiger partial charge >= 0.3 is 0 Å². The minimum absolute atomic E-state index is 0.136. The van der Waals surface area contributed by atoms with Crippen LogP contribution in [0.1, 0.15) is 12.5 Å². The van der Waals surface area contributed by atoms with Crippen molar-refractivity contribution >= 4 is 23.4 Å². The fourth-order valence-electron chi connectivity index (χ4n) is 2.98. The molecule has 2 aromatic rings. The molecule has 5 heteroatoms. The van der Waals surface area contributed by atoms with Gasteiger partial charge in [0, 0.05) is 44.6 Å². The van der Waals surface area contributed by atoms with Crippen LogP contribution >= 0.6 is 0 Å². The van der Waals surface area contributed by atoms with Gasteiger partial charge in [0.2, 0.25) is 5.91 Å². The molecule has 0 unspecified atom stereocenters. The average Bonchev–Trinajstić information content (AvgIpc) is 2.68. The zero-order chi connectivity index (χ0) is 17.5. The Kier molecular flexibility index (Phi) is 5.80. The number of carbonyl (C=O) groups excluding carboxylic acids is 1. The normalized spacial score (nSPS) is 15.5. The summed E-state index contributed by atoms with van der Waals surface area (Å²) in [7, 11) is 0. The predicted octanol–water partition coefficient (Wildman–Crippen LogP) is 2.88. The highest BCUT2D eigenvalue weighted by atomic mass is 16.1. The molecule has 0 saturated carbocycles. The third kappa shape index (κ3) is 4.67. The van der Waals surface area contributed by atoms with E-state index in [2.05, 4.69) is 33.1 Å². The molecule has 1 amide bonds. The maximum atomic E-state index is 12.3. The molecule has 0 aliphatic carbocycles. The lowest BCUT2D eigenvalue weighted by molar-refractivity contribution is -0.111. The van der Waals surface area contributed by atoms with Crippen LogP contribution in [-0.2, 0) is 4.79 Å². The zero-order valence-corrected chi connectivity index (χ0v) is 14.6. The van der Waals surface area contributed by atoms with E-state index in [4.69, 9.17) is 0 Å². The van der Waals surface area contributed by atoms with Crippen molar-refractivity contribution in [1.29, 1.82) is 0 Å². The molecule has 3 rings (SSSR count). The Morgan fingerprint density at radius 2 is 1.96 bits per heavy atom. The molecule has 2 heterocycles. The first kappa shape index (κ1) is 17.2. The molecule has 25 heavy (non-hydrogen) atoms. The number of rotatable bonds is 5. The predicted molar refractivity (Wildman–Crippen MR) is 103 cm³/mol. The lowest BCUT2D eigenvalue weighted by Gasteiger charge is -2.36. The summed E-state index contributed by atoms with van der Waals surface area (Å²) in [5.74, 6) is -0.136. The number of amides is 1. The molecule has 1 aliphatic heterocycles. The topological polar surface area (TPSA) is 48.5 Å². The number of pyridine rings is 1. The van der Waals surface area contributed by atoms with Crippen LogP contribution in [0.5, 0.6) is 0 Å². The number of nitrogens with zero attached hydrogens (tertiary/aromatic N) is 3. The molecule has 1 N–H and O–H groups in total. The standard InChI is InChI=1S/C20H24N4O/c1-2-23-12-14-24(15-13-23)19-8-4-3-7-18(19)22-20(25)10-9-17-6-5-11-21-16-17/h3-11,16H,2,12-15H2,1H3,(H,22,25)/b10-9+.